The summed E-state index contributed by atoms with van der Waals surface area (Å²) in [6, 6.07) is 0. The summed E-state index contributed by atoms with van der Waals surface area (Å²) in [4.78, 5) is 1.96. The maximum absolute atomic E-state index is 3.66. The lowest BCUT2D eigenvalue weighted by atomic mass is 9.98. The third kappa shape index (κ3) is 4.65. The normalized spacial score (nSPS) is 13.9. The summed E-state index contributed by atoms with van der Waals surface area (Å²) in [5, 5.41) is 0. The molecule has 0 aromatic carbocycles. The van der Waals surface area contributed by atoms with Crippen LogP contribution >= 0.6 is 0 Å². The second-order valence-corrected chi connectivity index (χ2v) is 3.29. The largest absolute Gasteiger partial charge is 0.358 e. The van der Waals surface area contributed by atoms with Gasteiger partial charge < -0.3 is 4.90 Å². The molecule has 0 heterocycles. The number of hydrogen-bond acceptors (Lipinski definition) is 1. The van der Waals surface area contributed by atoms with Gasteiger partial charge in [-0.2, -0.15) is 0 Å². The minimum atomic E-state index is 0.636. The van der Waals surface area contributed by atoms with Crippen LogP contribution in [0.1, 0.15) is 20.8 Å². The highest BCUT2D eigenvalue weighted by atomic mass is 15.0. The van der Waals surface area contributed by atoms with Crippen LogP contribution in [0.5, 0.6) is 0 Å². The molecule has 0 spiro atoms. The van der Waals surface area contributed by atoms with Crippen LogP contribution in [-0.2, 0) is 0 Å². The van der Waals surface area contributed by atoms with E-state index in [2.05, 4.69) is 39.6 Å². The van der Waals surface area contributed by atoms with Gasteiger partial charge >= 0.3 is 0 Å². The van der Waals surface area contributed by atoms with E-state index < -0.39 is 0 Å². The summed E-state index contributed by atoms with van der Waals surface area (Å²) in [6.45, 7) is 10.3. The van der Waals surface area contributed by atoms with E-state index in [-0.39, 0.29) is 0 Å². The van der Waals surface area contributed by atoms with Crippen LogP contribution in [0.3, 0.4) is 0 Å². The molecule has 0 fully saturated rings. The van der Waals surface area contributed by atoms with Gasteiger partial charge in [-0.05, 0) is 24.2 Å². The van der Waals surface area contributed by atoms with Crippen molar-refractivity contribution in [2.24, 2.45) is 11.8 Å². The second kappa shape index (κ2) is 5.00. The van der Waals surface area contributed by atoms with E-state index in [1.165, 1.54) is 0 Å². The van der Waals surface area contributed by atoms with Crippen LogP contribution in [0.15, 0.2) is 25.1 Å². The highest BCUT2D eigenvalue weighted by Gasteiger charge is 2.00. The first-order valence-corrected chi connectivity index (χ1v) is 4.10. The van der Waals surface area contributed by atoms with Gasteiger partial charge in [0.05, 0.1) is 0 Å². The highest BCUT2D eigenvalue weighted by Crippen LogP contribution is 2.10. The quantitative estimate of drug-likeness (QED) is 0.600. The van der Waals surface area contributed by atoms with Crippen molar-refractivity contribution in [2.45, 2.75) is 20.8 Å². The maximum Gasteiger partial charge on any atom is 0.0106 e. The molecule has 11 heavy (non-hydrogen) atoms. The molecule has 1 unspecified atom stereocenters. The van der Waals surface area contributed by atoms with Crippen molar-refractivity contribution in [3.05, 3.63) is 25.1 Å². The number of hydrogen-bond donors (Lipinski definition) is 0. The van der Waals surface area contributed by atoms with Crippen molar-refractivity contribution < 1.29 is 0 Å². The summed E-state index contributed by atoms with van der Waals surface area (Å²) in [6.07, 6.45) is 6.05. The van der Waals surface area contributed by atoms with E-state index in [0.717, 1.165) is 0 Å². The van der Waals surface area contributed by atoms with Gasteiger partial charge in [0.1, 0.15) is 0 Å². The Morgan fingerprint density at radius 3 is 2.18 bits per heavy atom. The SMILES string of the molecule is C=CN(C)/C=C\C(C)C(C)C. The zero-order valence-corrected chi connectivity index (χ0v) is 8.04. The fraction of sp³-hybridized carbons (Fsp3) is 0.600. The second-order valence-electron chi connectivity index (χ2n) is 3.29. The third-order valence-corrected chi connectivity index (χ3v) is 1.96. The Labute approximate surface area is 70.4 Å². The summed E-state index contributed by atoms with van der Waals surface area (Å²) >= 11 is 0. The molecule has 0 saturated carbocycles. The Bertz CT molecular complexity index is 136. The standard InChI is InChI=1S/C10H19N/c1-6-11(5)8-7-10(4)9(2)3/h6-10H,1H2,2-5H3/b8-7-. The van der Waals surface area contributed by atoms with Crippen molar-refractivity contribution in [1.29, 1.82) is 0 Å². The molecule has 0 aromatic heterocycles. The smallest absolute Gasteiger partial charge is 0.0106 e. The van der Waals surface area contributed by atoms with Crippen molar-refractivity contribution in [2.75, 3.05) is 7.05 Å². The van der Waals surface area contributed by atoms with Crippen molar-refractivity contribution >= 4 is 0 Å². The molecule has 0 saturated heterocycles. The van der Waals surface area contributed by atoms with E-state index in [4.69, 9.17) is 0 Å². The Hall–Kier alpha value is -0.720. The predicted octanol–water partition coefficient (Wildman–Crippen LogP) is 2.87. The lowest BCUT2D eigenvalue weighted by molar-refractivity contribution is 0.494. The molecule has 0 aliphatic rings. The Balaban J connectivity index is 3.81. The molecule has 0 rings (SSSR count). The average molecular weight is 153 g/mol. The van der Waals surface area contributed by atoms with Crippen molar-refractivity contribution in [3.63, 3.8) is 0 Å². The van der Waals surface area contributed by atoms with E-state index in [1.807, 2.05) is 11.9 Å². The number of nitrogens with zero attached hydrogens (tertiary/aromatic N) is 1. The first-order valence-electron chi connectivity index (χ1n) is 4.10. The molecule has 0 N–H and O–H groups in total. The number of rotatable bonds is 4. The fourth-order valence-electron chi connectivity index (χ4n) is 0.555. The van der Waals surface area contributed by atoms with Gasteiger partial charge in [0.15, 0.2) is 0 Å². The first kappa shape index (κ1) is 10.3. The van der Waals surface area contributed by atoms with Crippen molar-refractivity contribution in [1.82, 2.24) is 4.90 Å². The molecule has 0 bridgehead atoms. The summed E-state index contributed by atoms with van der Waals surface area (Å²) in [5.74, 6) is 1.35. The monoisotopic (exact) mass is 153 g/mol. The molecular formula is C10H19N. The predicted molar refractivity (Wildman–Crippen MR) is 51.1 cm³/mol. The van der Waals surface area contributed by atoms with Crippen LogP contribution in [0.25, 0.3) is 0 Å². The molecule has 0 amide bonds. The third-order valence-electron chi connectivity index (χ3n) is 1.96. The molecule has 1 nitrogen and oxygen atoms in total. The van der Waals surface area contributed by atoms with Gasteiger partial charge in [-0.25, -0.2) is 0 Å². The highest BCUT2D eigenvalue weighted by molar-refractivity contribution is 4.89. The zero-order chi connectivity index (χ0) is 8.85. The van der Waals surface area contributed by atoms with E-state index in [9.17, 15) is 0 Å². The minimum Gasteiger partial charge on any atom is -0.358 e. The molecule has 64 valence electrons. The van der Waals surface area contributed by atoms with Crippen LogP contribution < -0.4 is 0 Å². The van der Waals surface area contributed by atoms with Gasteiger partial charge in [-0.15, -0.1) is 0 Å². The fourth-order valence-corrected chi connectivity index (χ4v) is 0.555. The lowest BCUT2D eigenvalue weighted by Gasteiger charge is -2.12. The Kier molecular flexibility index (Phi) is 4.67. The molecule has 0 radical (unpaired) electrons. The van der Waals surface area contributed by atoms with Gasteiger partial charge in [0.25, 0.3) is 0 Å². The van der Waals surface area contributed by atoms with Crippen LogP contribution in [0.4, 0.5) is 0 Å². The van der Waals surface area contributed by atoms with Gasteiger partial charge in [0, 0.05) is 7.05 Å². The van der Waals surface area contributed by atoms with Crippen LogP contribution in [0, 0.1) is 11.8 Å². The van der Waals surface area contributed by atoms with Crippen LogP contribution in [-0.4, -0.2) is 11.9 Å². The zero-order valence-electron chi connectivity index (χ0n) is 8.04. The summed E-state index contributed by atoms with van der Waals surface area (Å²) < 4.78 is 0. The summed E-state index contributed by atoms with van der Waals surface area (Å²) in [5.41, 5.74) is 0. The lowest BCUT2D eigenvalue weighted by Crippen LogP contribution is -2.04. The molecular weight excluding hydrogens is 134 g/mol. The van der Waals surface area contributed by atoms with E-state index in [0.29, 0.717) is 11.8 Å². The van der Waals surface area contributed by atoms with E-state index in [1.54, 1.807) is 6.20 Å². The molecule has 1 atom stereocenters. The Morgan fingerprint density at radius 2 is 1.82 bits per heavy atom. The van der Waals surface area contributed by atoms with Gasteiger partial charge in [-0.3, -0.25) is 0 Å². The average Bonchev–Trinajstić information content (AvgIpc) is 1.99. The Morgan fingerprint density at radius 1 is 1.27 bits per heavy atom. The molecule has 0 aliphatic heterocycles. The van der Waals surface area contributed by atoms with Crippen LogP contribution in [0.2, 0.25) is 0 Å². The summed E-state index contributed by atoms with van der Waals surface area (Å²) in [7, 11) is 1.98. The molecule has 0 aliphatic carbocycles. The first-order chi connectivity index (χ1) is 5.07. The number of allylic oxidation sites excluding steroid dienone is 1. The van der Waals surface area contributed by atoms with Gasteiger partial charge in [0.2, 0.25) is 0 Å². The van der Waals surface area contributed by atoms with E-state index >= 15 is 0 Å². The van der Waals surface area contributed by atoms with Crippen molar-refractivity contribution in [3.8, 4) is 0 Å². The minimum absolute atomic E-state index is 0.636. The molecule has 1 heteroatoms. The van der Waals surface area contributed by atoms with Gasteiger partial charge in [-0.1, -0.05) is 33.4 Å². The maximum atomic E-state index is 3.66. The topological polar surface area (TPSA) is 3.24 Å². The molecule has 0 aromatic rings.